The molecular weight excluding hydrogens is 242 g/mol. The smallest absolute Gasteiger partial charge is 0.408 e. The fourth-order valence-corrected chi connectivity index (χ4v) is 2.14. The van der Waals surface area contributed by atoms with Crippen LogP contribution in [0.25, 0.3) is 11.1 Å². The van der Waals surface area contributed by atoms with Gasteiger partial charge in [0, 0.05) is 13.6 Å². The lowest BCUT2D eigenvalue weighted by molar-refractivity contribution is 0.486. The number of aromatic nitrogens is 1. The van der Waals surface area contributed by atoms with E-state index >= 15 is 0 Å². The predicted molar refractivity (Wildman–Crippen MR) is 76.0 cm³/mol. The van der Waals surface area contributed by atoms with Crippen molar-refractivity contribution in [2.24, 2.45) is 18.7 Å². The van der Waals surface area contributed by atoms with E-state index in [0.717, 1.165) is 37.1 Å². The number of rotatable bonds is 6. The second kappa shape index (κ2) is 6.04. The quantitative estimate of drug-likeness (QED) is 0.821. The van der Waals surface area contributed by atoms with E-state index in [-0.39, 0.29) is 5.76 Å². The van der Waals surface area contributed by atoms with Crippen molar-refractivity contribution in [1.29, 1.82) is 0 Å². The summed E-state index contributed by atoms with van der Waals surface area (Å²) < 4.78 is 6.68. The zero-order valence-electron chi connectivity index (χ0n) is 11.5. The second-order valence-electron chi connectivity index (χ2n) is 5.04. The van der Waals surface area contributed by atoms with Crippen molar-refractivity contribution in [3.63, 3.8) is 0 Å². The van der Waals surface area contributed by atoms with Crippen LogP contribution in [0, 0.1) is 5.92 Å². The van der Waals surface area contributed by atoms with Crippen LogP contribution in [-0.4, -0.2) is 17.7 Å². The summed E-state index contributed by atoms with van der Waals surface area (Å²) in [6.45, 7) is 4.61. The molecule has 0 aliphatic carbocycles. The zero-order valence-corrected chi connectivity index (χ0v) is 11.5. The van der Waals surface area contributed by atoms with Gasteiger partial charge in [0.2, 0.25) is 0 Å². The number of nitrogens with zero attached hydrogens (tertiary/aromatic N) is 1. The Morgan fingerprint density at radius 1 is 1.47 bits per heavy atom. The van der Waals surface area contributed by atoms with Gasteiger partial charge in [-0.1, -0.05) is 13.0 Å². The molecular formula is C14H21N3O2. The lowest BCUT2D eigenvalue weighted by atomic mass is 10.1. The summed E-state index contributed by atoms with van der Waals surface area (Å²) in [6, 6.07) is 5.84. The number of hydrogen-bond acceptors (Lipinski definition) is 4. The van der Waals surface area contributed by atoms with Crippen molar-refractivity contribution < 1.29 is 4.42 Å². The molecule has 5 heteroatoms. The van der Waals surface area contributed by atoms with Crippen LogP contribution in [0.4, 0.5) is 0 Å². The van der Waals surface area contributed by atoms with Crippen LogP contribution in [-0.2, 0) is 13.6 Å². The molecule has 1 atom stereocenters. The highest BCUT2D eigenvalue weighted by atomic mass is 16.4. The van der Waals surface area contributed by atoms with E-state index in [1.807, 2.05) is 18.2 Å². The third-order valence-corrected chi connectivity index (χ3v) is 3.34. The van der Waals surface area contributed by atoms with Gasteiger partial charge in [-0.25, -0.2) is 4.79 Å². The molecule has 1 heterocycles. The standard InChI is InChI=1S/C14H21N3O2/c1-10(5-6-15)8-16-9-11-3-4-12-13(7-11)19-14(18)17(12)2/h3-4,7,10,16H,5-6,8-9,15H2,1-2H3. The van der Waals surface area contributed by atoms with E-state index < -0.39 is 0 Å². The minimum Gasteiger partial charge on any atom is -0.408 e. The van der Waals surface area contributed by atoms with Crippen molar-refractivity contribution >= 4 is 11.1 Å². The molecule has 0 bridgehead atoms. The maximum atomic E-state index is 11.4. The van der Waals surface area contributed by atoms with Gasteiger partial charge in [0.15, 0.2) is 5.58 Å². The Morgan fingerprint density at radius 3 is 3.00 bits per heavy atom. The summed E-state index contributed by atoms with van der Waals surface area (Å²) in [5, 5.41) is 3.39. The lowest BCUT2D eigenvalue weighted by Gasteiger charge is -2.11. The monoisotopic (exact) mass is 263 g/mol. The minimum absolute atomic E-state index is 0.323. The van der Waals surface area contributed by atoms with E-state index in [4.69, 9.17) is 10.2 Å². The first-order chi connectivity index (χ1) is 9.11. The Bertz CT molecular complexity index is 600. The molecule has 3 N–H and O–H groups in total. The molecule has 0 radical (unpaired) electrons. The van der Waals surface area contributed by atoms with Crippen LogP contribution >= 0.6 is 0 Å². The fourth-order valence-electron chi connectivity index (χ4n) is 2.14. The number of aryl methyl sites for hydroxylation is 1. The van der Waals surface area contributed by atoms with Gasteiger partial charge >= 0.3 is 5.76 Å². The lowest BCUT2D eigenvalue weighted by Crippen LogP contribution is -2.22. The molecule has 0 saturated carbocycles. The molecule has 1 aromatic carbocycles. The first kappa shape index (κ1) is 13.8. The zero-order chi connectivity index (χ0) is 13.8. The molecule has 0 aliphatic heterocycles. The molecule has 0 saturated heterocycles. The Balaban J connectivity index is 2.00. The largest absolute Gasteiger partial charge is 0.419 e. The molecule has 2 rings (SSSR count). The van der Waals surface area contributed by atoms with Gasteiger partial charge < -0.3 is 15.5 Å². The van der Waals surface area contributed by atoms with Crippen molar-refractivity contribution in [3.8, 4) is 0 Å². The highest BCUT2D eigenvalue weighted by Crippen LogP contribution is 2.14. The van der Waals surface area contributed by atoms with E-state index in [2.05, 4.69) is 12.2 Å². The van der Waals surface area contributed by atoms with Gasteiger partial charge in [-0.2, -0.15) is 0 Å². The number of nitrogens with two attached hydrogens (primary N) is 1. The molecule has 1 aromatic heterocycles. The number of oxazole rings is 1. The highest BCUT2D eigenvalue weighted by Gasteiger charge is 2.06. The highest BCUT2D eigenvalue weighted by molar-refractivity contribution is 5.73. The molecule has 104 valence electrons. The summed E-state index contributed by atoms with van der Waals surface area (Å²) in [4.78, 5) is 11.4. The molecule has 19 heavy (non-hydrogen) atoms. The molecule has 0 aliphatic rings. The van der Waals surface area contributed by atoms with Gasteiger partial charge in [0.1, 0.15) is 0 Å². The van der Waals surface area contributed by atoms with Crippen LogP contribution in [0.5, 0.6) is 0 Å². The Kier molecular flexibility index (Phi) is 4.39. The summed E-state index contributed by atoms with van der Waals surface area (Å²) in [5.41, 5.74) is 8.10. The van der Waals surface area contributed by atoms with Crippen LogP contribution in [0.1, 0.15) is 18.9 Å². The predicted octanol–water partition coefficient (Wildman–Crippen LogP) is 1.21. The average Bonchev–Trinajstić information content (AvgIpc) is 2.65. The van der Waals surface area contributed by atoms with Crippen molar-refractivity contribution in [1.82, 2.24) is 9.88 Å². The van der Waals surface area contributed by atoms with Crippen LogP contribution in [0.2, 0.25) is 0 Å². The Hall–Kier alpha value is -1.59. The van der Waals surface area contributed by atoms with Gasteiger partial charge in [0.05, 0.1) is 5.52 Å². The maximum Gasteiger partial charge on any atom is 0.419 e. The van der Waals surface area contributed by atoms with Crippen LogP contribution in [0.3, 0.4) is 0 Å². The van der Waals surface area contributed by atoms with Gasteiger partial charge in [-0.15, -0.1) is 0 Å². The van der Waals surface area contributed by atoms with Crippen molar-refractivity contribution in [2.45, 2.75) is 19.9 Å². The van der Waals surface area contributed by atoms with Crippen LogP contribution < -0.4 is 16.8 Å². The van der Waals surface area contributed by atoms with Gasteiger partial charge in [-0.05, 0) is 43.1 Å². The summed E-state index contributed by atoms with van der Waals surface area (Å²) >= 11 is 0. The third kappa shape index (κ3) is 3.24. The van der Waals surface area contributed by atoms with Crippen LogP contribution in [0.15, 0.2) is 27.4 Å². The number of hydrogen-bond donors (Lipinski definition) is 2. The van der Waals surface area contributed by atoms with Crippen molar-refractivity contribution in [3.05, 3.63) is 34.3 Å². The summed E-state index contributed by atoms with van der Waals surface area (Å²) in [7, 11) is 1.71. The number of benzene rings is 1. The minimum atomic E-state index is -0.323. The first-order valence-electron chi connectivity index (χ1n) is 6.61. The molecule has 2 aromatic rings. The second-order valence-corrected chi connectivity index (χ2v) is 5.04. The molecule has 0 spiro atoms. The molecule has 0 fully saturated rings. The van der Waals surface area contributed by atoms with Gasteiger partial charge in [-0.3, -0.25) is 4.57 Å². The fraction of sp³-hybridized carbons (Fsp3) is 0.500. The maximum absolute atomic E-state index is 11.4. The van der Waals surface area contributed by atoms with E-state index in [9.17, 15) is 4.79 Å². The molecule has 5 nitrogen and oxygen atoms in total. The first-order valence-corrected chi connectivity index (χ1v) is 6.61. The normalized spacial score (nSPS) is 13.0. The van der Waals surface area contributed by atoms with E-state index in [0.29, 0.717) is 11.5 Å². The Labute approximate surface area is 112 Å². The van der Waals surface area contributed by atoms with E-state index in [1.165, 1.54) is 4.57 Å². The number of nitrogens with one attached hydrogen (secondary N) is 1. The Morgan fingerprint density at radius 2 is 2.26 bits per heavy atom. The molecule has 0 amide bonds. The van der Waals surface area contributed by atoms with Crippen molar-refractivity contribution in [2.75, 3.05) is 13.1 Å². The average molecular weight is 263 g/mol. The SMILES string of the molecule is CC(CCN)CNCc1ccc2c(c1)oc(=O)n2C. The summed E-state index contributed by atoms with van der Waals surface area (Å²) in [6.07, 6.45) is 1.03. The topological polar surface area (TPSA) is 73.2 Å². The molecule has 1 unspecified atom stereocenters. The summed E-state index contributed by atoms with van der Waals surface area (Å²) in [5.74, 6) is 0.250. The third-order valence-electron chi connectivity index (χ3n) is 3.34. The van der Waals surface area contributed by atoms with Gasteiger partial charge in [0.25, 0.3) is 0 Å². The number of fused-ring (bicyclic) bond motifs is 1. The van der Waals surface area contributed by atoms with E-state index in [1.54, 1.807) is 7.05 Å².